The van der Waals surface area contributed by atoms with Crippen molar-refractivity contribution in [3.63, 3.8) is 0 Å². The number of carbonyl (C=O) groups excluding carboxylic acids is 2. The van der Waals surface area contributed by atoms with Crippen LogP contribution in [0.1, 0.15) is 31.0 Å². The van der Waals surface area contributed by atoms with Gasteiger partial charge in [-0.25, -0.2) is 0 Å². The average molecular weight is 704 g/mol. The first-order chi connectivity index (χ1) is 20.8. The van der Waals surface area contributed by atoms with Gasteiger partial charge in [-0.15, -0.1) is 0 Å². The molecule has 1 aliphatic carbocycles. The number of fused-ring (bicyclic) bond motifs is 1. The lowest BCUT2D eigenvalue weighted by Gasteiger charge is -2.40. The number of H-pyrrole nitrogens is 1. The zero-order valence-corrected chi connectivity index (χ0v) is 26.4. The van der Waals surface area contributed by atoms with Gasteiger partial charge in [0.05, 0.1) is 29.9 Å². The third-order valence-corrected chi connectivity index (χ3v) is 8.13. The molecule has 0 saturated heterocycles. The molecule has 0 radical (unpaired) electrons. The van der Waals surface area contributed by atoms with Crippen molar-refractivity contribution >= 4 is 45.3 Å². The maximum atomic E-state index is 13.6. The largest absolute Gasteiger partial charge is 0.493 e. The van der Waals surface area contributed by atoms with Gasteiger partial charge in [0, 0.05) is 42.7 Å². The molecule has 2 aromatic carbocycles. The van der Waals surface area contributed by atoms with E-state index in [-0.39, 0.29) is 38.6 Å². The molecule has 1 heterocycles. The molecule has 5 N–H and O–H groups in total. The molecule has 0 spiro atoms. The van der Waals surface area contributed by atoms with Gasteiger partial charge in [-0.1, -0.05) is 31.2 Å². The van der Waals surface area contributed by atoms with Crippen molar-refractivity contribution in [2.45, 2.75) is 51.0 Å². The summed E-state index contributed by atoms with van der Waals surface area (Å²) in [4.78, 5) is 31.7. The summed E-state index contributed by atoms with van der Waals surface area (Å²) in [5.74, 6) is 0.0157. The number of amides is 2. The summed E-state index contributed by atoms with van der Waals surface area (Å²) in [6.45, 7) is 1.86. The summed E-state index contributed by atoms with van der Waals surface area (Å²) in [7, 11) is 1.48. The van der Waals surface area contributed by atoms with Gasteiger partial charge in [0.2, 0.25) is 11.8 Å². The first-order valence-corrected chi connectivity index (χ1v) is 15.3. The lowest BCUT2D eigenvalue weighted by molar-refractivity contribution is -0.133. The summed E-state index contributed by atoms with van der Waals surface area (Å²) < 4.78 is 12.5. The number of allylic oxidation sites excluding steroid dienone is 1. The zero-order chi connectivity index (χ0) is 30.9. The van der Waals surface area contributed by atoms with Crippen LogP contribution < -0.4 is 14.8 Å². The van der Waals surface area contributed by atoms with Crippen molar-refractivity contribution in [1.29, 1.82) is 0 Å². The number of hydrogen-bond donors (Lipinski definition) is 5. The molecule has 230 valence electrons. The van der Waals surface area contributed by atoms with E-state index in [0.29, 0.717) is 39.0 Å². The average Bonchev–Trinajstić information content (AvgIpc) is 3.44. The minimum atomic E-state index is -1.19. The van der Waals surface area contributed by atoms with Gasteiger partial charge in [0.15, 0.2) is 11.5 Å². The molecule has 1 aliphatic rings. The second-order valence-electron chi connectivity index (χ2n) is 10.3. The maximum Gasteiger partial charge on any atom is 0.247 e. The summed E-state index contributed by atoms with van der Waals surface area (Å²) in [5.41, 5.74) is 2.90. The van der Waals surface area contributed by atoms with Gasteiger partial charge in [0.25, 0.3) is 0 Å². The standard InChI is InChI=1S/C32H38IN3O7/c1-3-4-9-29(39)36(12-10-23-16-21-7-5-6-8-25(21)35-23)26-17-22(32(41)34-11-13-37)18-27(30(26)40)43-31-24(33)14-20(19-38)15-28(31)42-2/h4-9,14-16,18,26-27,30,35,37-38,40H,3,10-13,17,19H2,1-2H3,(H,34,41)/t26-,27+,30+/m1/s1. The first kappa shape index (κ1) is 32.5. The molecule has 43 heavy (non-hydrogen) atoms. The van der Waals surface area contributed by atoms with Crippen molar-refractivity contribution in [2.75, 3.05) is 26.8 Å². The minimum Gasteiger partial charge on any atom is -0.493 e. The predicted octanol–water partition coefficient (Wildman–Crippen LogP) is 3.23. The number of aliphatic hydroxyl groups excluding tert-OH is 3. The van der Waals surface area contributed by atoms with Crippen LogP contribution in [-0.4, -0.2) is 82.1 Å². The van der Waals surface area contributed by atoms with E-state index in [0.717, 1.165) is 16.6 Å². The van der Waals surface area contributed by atoms with Crippen molar-refractivity contribution in [2.24, 2.45) is 0 Å². The van der Waals surface area contributed by atoms with Crippen LogP contribution in [-0.2, 0) is 22.6 Å². The van der Waals surface area contributed by atoms with Crippen molar-refractivity contribution < 1.29 is 34.4 Å². The van der Waals surface area contributed by atoms with E-state index >= 15 is 0 Å². The van der Waals surface area contributed by atoms with Crippen LogP contribution in [0.4, 0.5) is 0 Å². The van der Waals surface area contributed by atoms with E-state index in [9.17, 15) is 24.9 Å². The van der Waals surface area contributed by atoms with E-state index in [1.165, 1.54) is 13.2 Å². The molecule has 3 atom stereocenters. The highest BCUT2D eigenvalue weighted by Crippen LogP contribution is 2.37. The van der Waals surface area contributed by atoms with Crippen LogP contribution in [0.2, 0.25) is 0 Å². The molecule has 0 fully saturated rings. The van der Waals surface area contributed by atoms with Gasteiger partial charge in [0.1, 0.15) is 12.2 Å². The Hall–Kier alpha value is -3.39. The number of benzene rings is 2. The van der Waals surface area contributed by atoms with Crippen LogP contribution in [0.5, 0.6) is 11.5 Å². The fraction of sp³-hybridized carbons (Fsp3) is 0.375. The third kappa shape index (κ3) is 7.96. The molecule has 10 nitrogen and oxygen atoms in total. The molecule has 0 aliphatic heterocycles. The SMILES string of the molecule is CCC=CC(=O)N(CCc1cc2ccccc2[nH]1)[C@@H]1CC(C(=O)NCCO)=C[C@H](Oc2c(I)cc(CO)cc2OC)[C@H]1O. The number of ether oxygens (including phenoxy) is 2. The van der Waals surface area contributed by atoms with Crippen molar-refractivity contribution in [1.82, 2.24) is 15.2 Å². The van der Waals surface area contributed by atoms with Gasteiger partial charge >= 0.3 is 0 Å². The molecule has 11 heteroatoms. The van der Waals surface area contributed by atoms with Crippen molar-refractivity contribution in [3.05, 3.63) is 81.1 Å². The second-order valence-corrected chi connectivity index (χ2v) is 11.4. The van der Waals surface area contributed by atoms with E-state index in [2.05, 4.69) is 32.9 Å². The number of para-hydroxylation sites is 1. The number of aliphatic hydroxyl groups is 3. The number of nitrogens with zero attached hydrogens (tertiary/aromatic N) is 1. The van der Waals surface area contributed by atoms with Gasteiger partial charge in [-0.3, -0.25) is 9.59 Å². The molecular formula is C32H38IN3O7. The van der Waals surface area contributed by atoms with Crippen LogP contribution in [0.25, 0.3) is 10.9 Å². The highest BCUT2D eigenvalue weighted by Gasteiger charge is 2.40. The zero-order valence-electron chi connectivity index (χ0n) is 24.3. The monoisotopic (exact) mass is 703 g/mol. The Morgan fingerprint density at radius 1 is 1.21 bits per heavy atom. The summed E-state index contributed by atoms with van der Waals surface area (Å²) in [6.07, 6.45) is 3.89. The molecule has 1 aromatic heterocycles. The number of halogens is 1. The summed E-state index contributed by atoms with van der Waals surface area (Å²) in [5, 5.41) is 34.4. The predicted molar refractivity (Wildman–Crippen MR) is 172 cm³/mol. The Kier molecular flexibility index (Phi) is 11.6. The number of carbonyl (C=O) groups is 2. The van der Waals surface area contributed by atoms with E-state index in [1.54, 1.807) is 29.2 Å². The fourth-order valence-corrected chi connectivity index (χ4v) is 5.95. The Morgan fingerprint density at radius 3 is 2.70 bits per heavy atom. The Balaban J connectivity index is 1.69. The van der Waals surface area contributed by atoms with Crippen molar-refractivity contribution in [3.8, 4) is 11.5 Å². The molecule has 0 saturated carbocycles. The molecular weight excluding hydrogens is 665 g/mol. The lowest BCUT2D eigenvalue weighted by atomic mass is 9.88. The number of methoxy groups -OCH3 is 1. The fourth-order valence-electron chi connectivity index (χ4n) is 5.16. The Labute approximate surface area is 264 Å². The second kappa shape index (κ2) is 15.4. The quantitative estimate of drug-likeness (QED) is 0.136. The highest BCUT2D eigenvalue weighted by atomic mass is 127. The number of hydrogen-bond acceptors (Lipinski definition) is 7. The smallest absolute Gasteiger partial charge is 0.247 e. The maximum absolute atomic E-state index is 13.6. The van der Waals surface area contributed by atoms with Gasteiger partial charge < -0.3 is 40.0 Å². The van der Waals surface area contributed by atoms with Gasteiger partial charge in [-0.05, 0) is 76.4 Å². The molecule has 0 bridgehead atoms. The molecule has 0 unspecified atom stereocenters. The highest BCUT2D eigenvalue weighted by molar-refractivity contribution is 14.1. The van der Waals surface area contributed by atoms with E-state index in [4.69, 9.17) is 9.47 Å². The molecule has 4 rings (SSSR count). The Morgan fingerprint density at radius 2 is 2.00 bits per heavy atom. The number of aromatic nitrogens is 1. The topological polar surface area (TPSA) is 144 Å². The van der Waals surface area contributed by atoms with E-state index < -0.39 is 24.2 Å². The van der Waals surface area contributed by atoms with E-state index in [1.807, 2.05) is 37.3 Å². The third-order valence-electron chi connectivity index (χ3n) is 7.33. The van der Waals surface area contributed by atoms with Crippen LogP contribution >= 0.6 is 22.6 Å². The van der Waals surface area contributed by atoms with Crippen LogP contribution in [0.3, 0.4) is 0 Å². The summed E-state index contributed by atoms with van der Waals surface area (Å²) in [6, 6.07) is 12.6. The van der Waals surface area contributed by atoms with Crippen LogP contribution in [0.15, 0.2) is 66.3 Å². The van der Waals surface area contributed by atoms with Crippen LogP contribution in [0, 0.1) is 3.57 Å². The summed E-state index contributed by atoms with van der Waals surface area (Å²) >= 11 is 2.07. The molecule has 3 aromatic rings. The number of aromatic amines is 1. The normalized spacial score (nSPS) is 18.5. The Bertz CT molecular complexity index is 1450. The number of rotatable bonds is 13. The number of nitrogens with one attached hydrogen (secondary N) is 2. The minimum absolute atomic E-state index is 0.0610. The first-order valence-electron chi connectivity index (χ1n) is 14.2. The molecule has 2 amide bonds. The van der Waals surface area contributed by atoms with Gasteiger partial charge in [-0.2, -0.15) is 0 Å². The lowest BCUT2D eigenvalue weighted by Crippen LogP contribution is -2.55.